The minimum absolute atomic E-state index is 0.436. The third kappa shape index (κ3) is 2.24. The highest BCUT2D eigenvalue weighted by atomic mass is 16.3. The summed E-state index contributed by atoms with van der Waals surface area (Å²) < 4.78 is 0. The van der Waals surface area contributed by atoms with E-state index in [1.54, 1.807) is 0 Å². The molecule has 3 saturated heterocycles. The Labute approximate surface area is 128 Å². The highest BCUT2D eigenvalue weighted by Gasteiger charge is 2.51. The Bertz CT molecular complexity index is 474. The molecule has 2 heteroatoms. The van der Waals surface area contributed by atoms with Gasteiger partial charge in [-0.1, -0.05) is 43.2 Å². The number of hydrogen-bond donors (Lipinski definition) is 1. The molecule has 5 rings (SSSR count). The van der Waals surface area contributed by atoms with Gasteiger partial charge in [0.05, 0.1) is 5.60 Å². The third-order valence-electron chi connectivity index (χ3n) is 6.44. The minimum atomic E-state index is -0.596. The van der Waals surface area contributed by atoms with Crippen LogP contribution in [-0.4, -0.2) is 29.6 Å². The molecule has 1 saturated carbocycles. The van der Waals surface area contributed by atoms with Gasteiger partial charge in [0.15, 0.2) is 0 Å². The third-order valence-corrected chi connectivity index (χ3v) is 6.44. The normalized spacial score (nSPS) is 35.8. The largest absolute Gasteiger partial charge is 0.385 e. The van der Waals surface area contributed by atoms with E-state index in [-0.39, 0.29) is 0 Å². The predicted octanol–water partition coefficient (Wildman–Crippen LogP) is 3.41. The fraction of sp³-hybridized carbons (Fsp3) is 0.684. The topological polar surface area (TPSA) is 23.5 Å². The lowest BCUT2D eigenvalue weighted by Crippen LogP contribution is -2.57. The van der Waals surface area contributed by atoms with Crippen molar-refractivity contribution in [2.45, 2.75) is 44.1 Å². The second-order valence-corrected chi connectivity index (χ2v) is 7.42. The van der Waals surface area contributed by atoms with Crippen molar-refractivity contribution in [1.82, 2.24) is 4.90 Å². The summed E-state index contributed by atoms with van der Waals surface area (Å²) in [5.74, 6) is 1.62. The number of piperidine rings is 3. The van der Waals surface area contributed by atoms with Crippen molar-refractivity contribution in [1.29, 1.82) is 0 Å². The van der Waals surface area contributed by atoms with Crippen molar-refractivity contribution >= 4 is 0 Å². The van der Waals surface area contributed by atoms with Crippen LogP contribution in [0.25, 0.3) is 0 Å². The van der Waals surface area contributed by atoms with Gasteiger partial charge in [0, 0.05) is 12.5 Å². The maximum absolute atomic E-state index is 11.9. The molecule has 0 spiro atoms. The molecule has 0 aromatic heterocycles. The summed E-state index contributed by atoms with van der Waals surface area (Å²) in [4.78, 5) is 2.58. The molecule has 4 fully saturated rings. The fourth-order valence-electron chi connectivity index (χ4n) is 5.29. The van der Waals surface area contributed by atoms with E-state index < -0.39 is 5.60 Å². The highest BCUT2D eigenvalue weighted by molar-refractivity contribution is 5.26. The smallest absolute Gasteiger partial charge is 0.0967 e. The van der Waals surface area contributed by atoms with Gasteiger partial charge in [-0.25, -0.2) is 0 Å². The molecule has 1 N–H and O–H groups in total. The Morgan fingerprint density at radius 1 is 0.952 bits per heavy atom. The summed E-state index contributed by atoms with van der Waals surface area (Å²) in [6, 6.07) is 10.6. The summed E-state index contributed by atoms with van der Waals surface area (Å²) >= 11 is 0. The van der Waals surface area contributed by atoms with Crippen LogP contribution in [0.4, 0.5) is 0 Å². The summed E-state index contributed by atoms with van der Waals surface area (Å²) in [5.41, 5.74) is 0.581. The first-order valence-corrected chi connectivity index (χ1v) is 8.78. The molecule has 3 aliphatic heterocycles. The average molecular weight is 285 g/mol. The van der Waals surface area contributed by atoms with Gasteiger partial charge in [0.1, 0.15) is 0 Å². The van der Waals surface area contributed by atoms with Crippen molar-refractivity contribution in [3.05, 3.63) is 35.9 Å². The van der Waals surface area contributed by atoms with Crippen molar-refractivity contribution < 1.29 is 5.11 Å². The van der Waals surface area contributed by atoms with Crippen LogP contribution in [0.15, 0.2) is 30.3 Å². The van der Waals surface area contributed by atoms with E-state index in [4.69, 9.17) is 0 Å². The maximum atomic E-state index is 11.9. The molecule has 0 amide bonds. The van der Waals surface area contributed by atoms with Crippen molar-refractivity contribution in [3.8, 4) is 0 Å². The SMILES string of the molecule is O[C@@](c1ccccc1)(C1CCCC1)[C@H]1CN2CCC1CC2. The molecule has 2 nitrogen and oxygen atoms in total. The molecule has 1 aromatic carbocycles. The number of fused-ring (bicyclic) bond motifs is 3. The summed E-state index contributed by atoms with van der Waals surface area (Å²) in [6.45, 7) is 3.60. The quantitative estimate of drug-likeness (QED) is 0.920. The van der Waals surface area contributed by atoms with E-state index in [2.05, 4.69) is 35.2 Å². The predicted molar refractivity (Wildman–Crippen MR) is 85.0 cm³/mol. The molecule has 1 aromatic rings. The van der Waals surface area contributed by atoms with E-state index >= 15 is 0 Å². The number of rotatable bonds is 3. The van der Waals surface area contributed by atoms with Crippen LogP contribution < -0.4 is 0 Å². The van der Waals surface area contributed by atoms with E-state index in [0.717, 1.165) is 12.5 Å². The zero-order chi connectivity index (χ0) is 14.3. The van der Waals surface area contributed by atoms with Gasteiger partial charge in [0.2, 0.25) is 0 Å². The molecule has 1 aliphatic carbocycles. The van der Waals surface area contributed by atoms with Crippen molar-refractivity contribution in [2.24, 2.45) is 17.8 Å². The van der Waals surface area contributed by atoms with Gasteiger partial charge in [0.25, 0.3) is 0 Å². The first-order chi connectivity index (χ1) is 10.3. The molecule has 21 heavy (non-hydrogen) atoms. The minimum Gasteiger partial charge on any atom is -0.385 e. The van der Waals surface area contributed by atoms with Crippen molar-refractivity contribution in [3.63, 3.8) is 0 Å². The molecule has 4 aliphatic rings. The molecule has 3 heterocycles. The second kappa shape index (κ2) is 5.40. The monoisotopic (exact) mass is 285 g/mol. The van der Waals surface area contributed by atoms with Crippen LogP contribution in [0.2, 0.25) is 0 Å². The Morgan fingerprint density at radius 3 is 2.19 bits per heavy atom. The van der Waals surface area contributed by atoms with E-state index in [0.29, 0.717) is 11.8 Å². The van der Waals surface area contributed by atoms with Crippen LogP contribution in [0, 0.1) is 17.8 Å². The molecule has 0 radical (unpaired) electrons. The molecule has 114 valence electrons. The van der Waals surface area contributed by atoms with Gasteiger partial charge in [-0.05, 0) is 56.2 Å². The van der Waals surface area contributed by atoms with Gasteiger partial charge in [-0.15, -0.1) is 0 Å². The average Bonchev–Trinajstić information content (AvgIpc) is 3.11. The van der Waals surface area contributed by atoms with E-state index in [1.807, 2.05) is 0 Å². The fourth-order valence-corrected chi connectivity index (χ4v) is 5.29. The summed E-state index contributed by atoms with van der Waals surface area (Å²) in [6.07, 6.45) is 7.56. The van der Waals surface area contributed by atoms with Crippen LogP contribution in [0.3, 0.4) is 0 Å². The second-order valence-electron chi connectivity index (χ2n) is 7.42. The number of benzene rings is 1. The Balaban J connectivity index is 1.73. The van der Waals surface area contributed by atoms with Gasteiger partial charge < -0.3 is 10.0 Å². The van der Waals surface area contributed by atoms with Crippen LogP contribution in [0.5, 0.6) is 0 Å². The highest BCUT2D eigenvalue weighted by Crippen LogP contribution is 2.51. The first kappa shape index (κ1) is 13.8. The first-order valence-electron chi connectivity index (χ1n) is 8.78. The lowest BCUT2D eigenvalue weighted by molar-refractivity contribution is -0.135. The molecule has 2 bridgehead atoms. The Kier molecular flexibility index (Phi) is 3.55. The maximum Gasteiger partial charge on any atom is 0.0967 e. The van der Waals surface area contributed by atoms with Gasteiger partial charge in [-0.3, -0.25) is 0 Å². The lowest BCUT2D eigenvalue weighted by atomic mass is 9.63. The Hall–Kier alpha value is -0.860. The van der Waals surface area contributed by atoms with Crippen molar-refractivity contribution in [2.75, 3.05) is 19.6 Å². The molecule has 0 unspecified atom stereocenters. The number of hydrogen-bond acceptors (Lipinski definition) is 2. The standard InChI is InChI=1S/C19H27NO/c21-19(17-8-4-5-9-17,16-6-2-1-3-7-16)18-14-20-12-10-15(18)11-13-20/h1-3,6-7,15,17-18,21H,4-5,8-14H2/t18-,19-/m0/s1. The van der Waals surface area contributed by atoms with Crippen LogP contribution in [-0.2, 0) is 5.60 Å². The van der Waals surface area contributed by atoms with Crippen LogP contribution in [0.1, 0.15) is 44.1 Å². The number of aliphatic hydroxyl groups is 1. The Morgan fingerprint density at radius 2 is 1.62 bits per heavy atom. The van der Waals surface area contributed by atoms with Gasteiger partial charge in [-0.2, -0.15) is 0 Å². The number of nitrogens with zero attached hydrogens (tertiary/aromatic N) is 1. The molecule has 2 atom stereocenters. The zero-order valence-electron chi connectivity index (χ0n) is 12.9. The molecular formula is C19H27NO. The van der Waals surface area contributed by atoms with Gasteiger partial charge >= 0.3 is 0 Å². The zero-order valence-corrected chi connectivity index (χ0v) is 12.9. The summed E-state index contributed by atoms with van der Waals surface area (Å²) in [5, 5.41) is 11.9. The van der Waals surface area contributed by atoms with E-state index in [1.165, 1.54) is 57.2 Å². The molecular weight excluding hydrogens is 258 g/mol. The van der Waals surface area contributed by atoms with E-state index in [9.17, 15) is 5.11 Å². The van der Waals surface area contributed by atoms with Crippen LogP contribution >= 0.6 is 0 Å². The summed E-state index contributed by atoms with van der Waals surface area (Å²) in [7, 11) is 0. The lowest BCUT2D eigenvalue weighted by Gasteiger charge is -2.53.